The van der Waals surface area contributed by atoms with Gasteiger partial charge >= 0.3 is 0 Å². The van der Waals surface area contributed by atoms with E-state index in [1.165, 1.54) is 6.42 Å². The van der Waals surface area contributed by atoms with Gasteiger partial charge in [-0.25, -0.2) is 0 Å². The second-order valence-electron chi connectivity index (χ2n) is 3.88. The van der Waals surface area contributed by atoms with Crippen LogP contribution in [0.25, 0.3) is 0 Å². The molecule has 0 N–H and O–H groups in total. The zero-order valence-corrected chi connectivity index (χ0v) is 10.9. The summed E-state index contributed by atoms with van der Waals surface area (Å²) in [6.45, 7) is 2.65. The Morgan fingerprint density at radius 2 is 2.50 bits per heavy atom. The first-order valence-electron chi connectivity index (χ1n) is 5.61. The van der Waals surface area contributed by atoms with Crippen molar-refractivity contribution in [3.05, 3.63) is 16.9 Å². The van der Waals surface area contributed by atoms with E-state index in [0.717, 1.165) is 18.6 Å². The van der Waals surface area contributed by atoms with Crippen molar-refractivity contribution in [3.63, 3.8) is 0 Å². The summed E-state index contributed by atoms with van der Waals surface area (Å²) in [6.07, 6.45) is 4.89. The summed E-state index contributed by atoms with van der Waals surface area (Å²) in [4.78, 5) is 12.3. The molecule has 0 saturated carbocycles. The Morgan fingerprint density at radius 3 is 3.12 bits per heavy atom. The van der Waals surface area contributed by atoms with Gasteiger partial charge < -0.3 is 0 Å². The Hall–Kier alpha value is -0.480. The number of carbonyl (C=O) groups excluding carboxylic acids is 1. The molecule has 0 radical (unpaired) electrons. The van der Waals surface area contributed by atoms with Crippen molar-refractivity contribution < 1.29 is 4.79 Å². The molecule has 1 aromatic rings. The largest absolute Gasteiger partial charge is 0.291 e. The maximum Gasteiger partial charge on any atom is 0.195 e. The van der Waals surface area contributed by atoms with Gasteiger partial charge in [-0.1, -0.05) is 18.0 Å². The maximum absolute atomic E-state index is 12.3. The van der Waals surface area contributed by atoms with Crippen molar-refractivity contribution in [1.29, 1.82) is 0 Å². The van der Waals surface area contributed by atoms with Gasteiger partial charge in [0, 0.05) is 6.54 Å². The van der Waals surface area contributed by atoms with E-state index in [1.807, 2.05) is 6.92 Å². The number of nitrogens with zero attached hydrogens (tertiary/aromatic N) is 2. The van der Waals surface area contributed by atoms with Gasteiger partial charge in [-0.2, -0.15) is 16.9 Å². The van der Waals surface area contributed by atoms with Gasteiger partial charge in [0.25, 0.3) is 0 Å². The molecule has 1 aliphatic rings. The predicted molar refractivity (Wildman–Crippen MR) is 67.3 cm³/mol. The fourth-order valence-corrected chi connectivity index (χ4v) is 3.43. The van der Waals surface area contributed by atoms with E-state index in [-0.39, 0.29) is 11.0 Å². The van der Waals surface area contributed by atoms with Gasteiger partial charge in [0.1, 0.15) is 5.69 Å². The molecule has 1 aliphatic heterocycles. The third kappa shape index (κ3) is 2.28. The van der Waals surface area contributed by atoms with Crippen LogP contribution in [0.3, 0.4) is 0 Å². The van der Waals surface area contributed by atoms with Crippen molar-refractivity contribution in [1.82, 2.24) is 9.78 Å². The molecule has 88 valence electrons. The summed E-state index contributed by atoms with van der Waals surface area (Å²) < 4.78 is 1.69. The molecule has 2 heterocycles. The average molecular weight is 259 g/mol. The van der Waals surface area contributed by atoms with Gasteiger partial charge in [-0.3, -0.25) is 9.48 Å². The van der Waals surface area contributed by atoms with Crippen molar-refractivity contribution >= 4 is 29.1 Å². The van der Waals surface area contributed by atoms with Crippen LogP contribution in [0, 0.1) is 0 Å². The lowest BCUT2D eigenvalue weighted by Gasteiger charge is -2.20. The molecule has 0 aliphatic carbocycles. The molecule has 0 amide bonds. The Labute approximate surface area is 105 Å². The summed E-state index contributed by atoms with van der Waals surface area (Å²) in [5.41, 5.74) is 0.587. The van der Waals surface area contributed by atoms with Gasteiger partial charge in [0.2, 0.25) is 0 Å². The lowest BCUT2D eigenvalue weighted by Crippen LogP contribution is -2.24. The van der Waals surface area contributed by atoms with Gasteiger partial charge in [0.15, 0.2) is 5.78 Å². The number of aromatic nitrogens is 2. The van der Waals surface area contributed by atoms with Crippen LogP contribution in [0.2, 0.25) is 5.02 Å². The normalized spacial score (nSPS) is 21.0. The maximum atomic E-state index is 12.3. The molecule has 2 rings (SSSR count). The number of halogens is 1. The van der Waals surface area contributed by atoms with Gasteiger partial charge in [-0.05, 0) is 25.5 Å². The van der Waals surface area contributed by atoms with Crippen LogP contribution in [0.1, 0.15) is 36.7 Å². The van der Waals surface area contributed by atoms with E-state index in [1.54, 1.807) is 22.6 Å². The minimum atomic E-state index is 0.0771. The standard InChI is InChI=1S/C11H15ClN2OS/c1-2-14-10(8(12)7-13-14)11(15)9-5-3-4-6-16-9/h7,9H,2-6H2,1H3. The Kier molecular flexibility index (Phi) is 3.92. The van der Waals surface area contributed by atoms with Gasteiger partial charge in [-0.15, -0.1) is 0 Å². The number of ketones is 1. The molecule has 1 aromatic heterocycles. The van der Waals surface area contributed by atoms with Crippen LogP contribution in [0.5, 0.6) is 0 Å². The van der Waals surface area contributed by atoms with Crippen LogP contribution in [-0.2, 0) is 6.54 Å². The summed E-state index contributed by atoms with van der Waals surface area (Å²) in [5, 5.41) is 4.67. The number of carbonyl (C=O) groups is 1. The number of aryl methyl sites for hydroxylation is 1. The van der Waals surface area contributed by atoms with Crippen LogP contribution >= 0.6 is 23.4 Å². The fourth-order valence-electron chi connectivity index (χ4n) is 1.95. The Balaban J connectivity index is 2.21. The van der Waals surface area contributed by atoms with Crippen molar-refractivity contribution in [2.45, 2.75) is 38.0 Å². The van der Waals surface area contributed by atoms with E-state index in [9.17, 15) is 4.79 Å². The third-order valence-electron chi connectivity index (χ3n) is 2.80. The second-order valence-corrected chi connectivity index (χ2v) is 5.59. The summed E-state index contributed by atoms with van der Waals surface area (Å²) in [6, 6.07) is 0. The van der Waals surface area contributed by atoms with Crippen LogP contribution in [0.4, 0.5) is 0 Å². The summed E-state index contributed by atoms with van der Waals surface area (Å²) in [5.74, 6) is 1.22. The van der Waals surface area contributed by atoms with Crippen molar-refractivity contribution in [3.8, 4) is 0 Å². The molecule has 3 nitrogen and oxygen atoms in total. The zero-order chi connectivity index (χ0) is 11.5. The van der Waals surface area contributed by atoms with E-state index in [4.69, 9.17) is 11.6 Å². The lowest BCUT2D eigenvalue weighted by molar-refractivity contribution is 0.0974. The van der Waals surface area contributed by atoms with E-state index in [0.29, 0.717) is 17.3 Å². The van der Waals surface area contributed by atoms with Gasteiger partial charge in [0.05, 0.1) is 16.5 Å². The van der Waals surface area contributed by atoms with Crippen LogP contribution in [-0.4, -0.2) is 26.6 Å². The zero-order valence-electron chi connectivity index (χ0n) is 9.28. The van der Waals surface area contributed by atoms with Crippen LogP contribution in [0.15, 0.2) is 6.20 Å². The molecule has 0 spiro atoms. The number of Topliss-reactive ketones (excluding diaryl/α,β-unsaturated/α-hetero) is 1. The quantitative estimate of drug-likeness (QED) is 0.782. The number of hydrogen-bond donors (Lipinski definition) is 0. The average Bonchev–Trinajstić information content (AvgIpc) is 2.70. The molecule has 0 bridgehead atoms. The van der Waals surface area contributed by atoms with E-state index < -0.39 is 0 Å². The third-order valence-corrected chi connectivity index (χ3v) is 4.45. The molecule has 16 heavy (non-hydrogen) atoms. The minimum Gasteiger partial charge on any atom is -0.291 e. The highest BCUT2D eigenvalue weighted by atomic mass is 35.5. The SMILES string of the molecule is CCn1ncc(Cl)c1C(=O)C1CCCCS1. The molecule has 1 fully saturated rings. The van der Waals surface area contributed by atoms with Crippen molar-refractivity contribution in [2.24, 2.45) is 0 Å². The predicted octanol–water partition coefficient (Wildman–Crippen LogP) is 3.02. The van der Waals surface area contributed by atoms with Crippen molar-refractivity contribution in [2.75, 3.05) is 5.75 Å². The molecular weight excluding hydrogens is 244 g/mol. The highest BCUT2D eigenvalue weighted by Gasteiger charge is 2.27. The molecule has 1 atom stereocenters. The van der Waals surface area contributed by atoms with Crippen LogP contribution < -0.4 is 0 Å². The molecule has 5 heteroatoms. The topological polar surface area (TPSA) is 34.9 Å². The summed E-state index contributed by atoms with van der Waals surface area (Å²) in [7, 11) is 0. The number of hydrogen-bond acceptors (Lipinski definition) is 3. The minimum absolute atomic E-state index is 0.0771. The molecule has 0 aromatic carbocycles. The second kappa shape index (κ2) is 5.23. The first-order valence-corrected chi connectivity index (χ1v) is 7.03. The monoisotopic (exact) mass is 258 g/mol. The molecule has 1 saturated heterocycles. The smallest absolute Gasteiger partial charge is 0.195 e. The van der Waals surface area contributed by atoms with E-state index >= 15 is 0 Å². The first kappa shape index (κ1) is 12.0. The highest BCUT2D eigenvalue weighted by Crippen LogP contribution is 2.29. The highest BCUT2D eigenvalue weighted by molar-refractivity contribution is 8.00. The fraction of sp³-hybridized carbons (Fsp3) is 0.636. The first-order chi connectivity index (χ1) is 7.74. The van der Waals surface area contributed by atoms with E-state index in [2.05, 4.69) is 5.10 Å². The number of thioether (sulfide) groups is 1. The summed E-state index contributed by atoms with van der Waals surface area (Å²) >= 11 is 7.77. The lowest BCUT2D eigenvalue weighted by atomic mass is 10.1. The molecule has 1 unspecified atom stereocenters. The number of rotatable bonds is 3. The molecular formula is C11H15ClN2OS. The Morgan fingerprint density at radius 1 is 1.69 bits per heavy atom. The Bertz CT molecular complexity index is 385.